The zero-order valence-corrected chi connectivity index (χ0v) is 21.2. The Labute approximate surface area is 173 Å². The molecular formula is C17H37Cl2NSiZr-10. The molecule has 0 saturated carbocycles. The van der Waals surface area contributed by atoms with E-state index in [0.29, 0.717) is 0 Å². The summed E-state index contributed by atoms with van der Waals surface area (Å²) in [5, 5.41) is 0. The first-order valence-electron chi connectivity index (χ1n) is 3.56. The minimum atomic E-state index is 0. The Morgan fingerprint density at radius 3 is 1.41 bits per heavy atom. The van der Waals surface area contributed by atoms with Crippen LogP contribution in [0.15, 0.2) is 36.6 Å². The van der Waals surface area contributed by atoms with Crippen molar-refractivity contribution in [2.75, 3.05) is 0 Å². The van der Waals surface area contributed by atoms with Crippen molar-refractivity contribution in [2.24, 2.45) is 0 Å². The van der Waals surface area contributed by atoms with Gasteiger partial charge in [-0.05, 0) is 0 Å². The van der Waals surface area contributed by atoms with Crippen molar-refractivity contribution in [3.8, 4) is 0 Å². The van der Waals surface area contributed by atoms with Crippen molar-refractivity contribution < 1.29 is 23.3 Å². The van der Waals surface area contributed by atoms with Gasteiger partial charge in [0.1, 0.15) is 0 Å². The van der Waals surface area contributed by atoms with Gasteiger partial charge in [0.25, 0.3) is 0 Å². The molecule has 0 fully saturated rings. The van der Waals surface area contributed by atoms with Gasteiger partial charge < -0.3 is 64.4 Å². The Morgan fingerprint density at radius 1 is 0.864 bits per heavy atom. The predicted molar refractivity (Wildman–Crippen MR) is 116 cm³/mol. The molecule has 0 amide bonds. The molecular weight excluding hydrogens is 408 g/mol. The molecule has 0 spiro atoms. The van der Waals surface area contributed by atoms with Gasteiger partial charge in [-0.2, -0.15) is 24.4 Å². The van der Waals surface area contributed by atoms with Crippen molar-refractivity contribution in [1.29, 1.82) is 0 Å². The standard InChI is InChI=1S/C5H5.C4H4N.8CH3.2ClH.H2Si.Zr/c2*1-2-4-5-3-1;;;;;;;;;;;;/h1-3H,4H2;1-3,5H;8*1H3;2*1H;1H2;/q10*-1;;;;. The van der Waals surface area contributed by atoms with Crippen LogP contribution in [0.2, 0.25) is 0 Å². The predicted octanol–water partition coefficient (Wildman–Crippen LogP) is 5.65. The molecule has 1 aliphatic carbocycles. The van der Waals surface area contributed by atoms with Crippen LogP contribution in [-0.2, 0) is 23.3 Å². The number of rotatable bonds is 0. The zero-order chi connectivity index (χ0) is 9.07. The number of hydrogen-bond donors (Lipinski definition) is 1. The van der Waals surface area contributed by atoms with Crippen LogP contribution in [0.3, 0.4) is 0 Å². The fourth-order valence-corrected chi connectivity index (χ4v) is 0.581. The number of nitrogens with one attached hydrogen (secondary N) is 1. The first-order chi connectivity index (χ1) is 6.00. The van der Waals surface area contributed by atoms with Gasteiger partial charge in [-0.25, -0.2) is 12.2 Å². The molecule has 1 aliphatic rings. The fourth-order valence-electron chi connectivity index (χ4n) is 0.581. The van der Waals surface area contributed by atoms with Crippen LogP contribution in [-0.4, -0.2) is 11.9 Å². The second-order valence-electron chi connectivity index (χ2n) is 1.82. The molecule has 0 atom stereocenters. The van der Waals surface area contributed by atoms with Crippen molar-refractivity contribution in [2.45, 2.75) is 6.42 Å². The van der Waals surface area contributed by atoms with Crippen LogP contribution in [0, 0.1) is 71.7 Å². The number of allylic oxidation sites excluding steroid dienone is 4. The maximum Gasteiger partial charge on any atom is -0.108 e. The first kappa shape index (κ1) is 78.8. The average molecular weight is 446 g/mol. The summed E-state index contributed by atoms with van der Waals surface area (Å²) in [6, 6.07) is 3.71. The number of aromatic nitrogens is 1. The minimum absolute atomic E-state index is 0. The van der Waals surface area contributed by atoms with Crippen LogP contribution >= 0.6 is 24.8 Å². The van der Waals surface area contributed by atoms with Gasteiger partial charge in [-0.15, -0.1) is 37.4 Å². The third kappa shape index (κ3) is 70.9. The Kier molecular flexibility index (Phi) is 294. The van der Waals surface area contributed by atoms with E-state index in [-0.39, 0.29) is 84.2 Å². The quantitative estimate of drug-likeness (QED) is 0.392. The topological polar surface area (TPSA) is 15.8 Å². The van der Waals surface area contributed by atoms with Gasteiger partial charge in [-0.3, -0.25) is 6.08 Å². The Morgan fingerprint density at radius 2 is 1.32 bits per heavy atom. The third-order valence-corrected chi connectivity index (χ3v) is 1.03. The molecule has 0 saturated heterocycles. The maximum absolute atomic E-state index is 2.99. The molecule has 1 heterocycles. The molecule has 0 bridgehead atoms. The van der Waals surface area contributed by atoms with Crippen molar-refractivity contribution >= 4 is 31.7 Å². The van der Waals surface area contributed by atoms with Crippen LogP contribution in [0.5, 0.6) is 0 Å². The second kappa shape index (κ2) is 82.2. The molecule has 0 unspecified atom stereocenters. The summed E-state index contributed by atoms with van der Waals surface area (Å²) < 4.78 is 0. The number of hydrogen-bond acceptors (Lipinski definition) is 0. The SMILES string of the molecule is Cl.Cl.[C-]1=CC=CC1.[CH3-].[CH3-].[CH3-].[CH3-].[CH3-].[CH3-].[CH3-].[CH3-].[SiH2]=[Zr].[c-]1ccc[nH]1. The summed E-state index contributed by atoms with van der Waals surface area (Å²) in [4.78, 5) is 2.74. The van der Waals surface area contributed by atoms with E-state index in [1.807, 2.05) is 37.4 Å². The van der Waals surface area contributed by atoms with Gasteiger partial charge in [0.05, 0.1) is 0 Å². The van der Waals surface area contributed by atoms with Gasteiger partial charge in [-0.1, -0.05) is 0 Å². The summed E-state index contributed by atoms with van der Waals surface area (Å²) in [6.07, 6.45) is 14.6. The van der Waals surface area contributed by atoms with Crippen LogP contribution in [0.1, 0.15) is 6.42 Å². The number of aromatic amines is 1. The van der Waals surface area contributed by atoms with Crippen molar-refractivity contribution in [3.63, 3.8) is 0 Å². The maximum atomic E-state index is 2.99. The smallest absolute Gasteiger partial charge is 0.108 e. The van der Waals surface area contributed by atoms with E-state index in [1.54, 1.807) is 23.3 Å². The summed E-state index contributed by atoms with van der Waals surface area (Å²) in [7, 11) is 0. The Bertz CT molecular complexity index is 201. The first-order valence-corrected chi connectivity index (χ1v) is 9.49. The van der Waals surface area contributed by atoms with Crippen LogP contribution in [0.25, 0.3) is 0 Å². The van der Waals surface area contributed by atoms with E-state index in [0.717, 1.165) is 6.42 Å². The Hall–Kier alpha value is 0.440. The van der Waals surface area contributed by atoms with Gasteiger partial charge >= 0.3 is 30.2 Å². The summed E-state index contributed by atoms with van der Waals surface area (Å²) in [6.45, 7) is 1.95. The molecule has 22 heavy (non-hydrogen) atoms. The summed E-state index contributed by atoms with van der Waals surface area (Å²) >= 11 is 1.58. The van der Waals surface area contributed by atoms with Gasteiger partial charge in [0, 0.05) is 0 Å². The molecule has 1 aromatic heterocycles. The molecule has 1 N–H and O–H groups in total. The number of halogens is 2. The van der Waals surface area contributed by atoms with E-state index in [9.17, 15) is 0 Å². The van der Waals surface area contributed by atoms with Crippen molar-refractivity contribution in [1.82, 2.24) is 4.98 Å². The van der Waals surface area contributed by atoms with Crippen LogP contribution in [0.4, 0.5) is 0 Å². The van der Waals surface area contributed by atoms with Crippen molar-refractivity contribution in [3.05, 3.63) is 108 Å². The molecule has 142 valence electrons. The molecule has 0 radical (unpaired) electrons. The monoisotopic (exact) mass is 443 g/mol. The summed E-state index contributed by atoms with van der Waals surface area (Å²) in [5.41, 5.74) is 0. The Balaban J connectivity index is -0.00000000780. The van der Waals surface area contributed by atoms with Gasteiger partial charge in [0.2, 0.25) is 0 Å². The van der Waals surface area contributed by atoms with Crippen LogP contribution < -0.4 is 0 Å². The van der Waals surface area contributed by atoms with E-state index in [4.69, 9.17) is 0 Å². The number of H-pyrrole nitrogens is 1. The van der Waals surface area contributed by atoms with Gasteiger partial charge in [0.15, 0.2) is 0 Å². The molecule has 0 aliphatic heterocycles. The molecule has 2 rings (SSSR count). The van der Waals surface area contributed by atoms with E-state index in [2.05, 4.69) is 23.3 Å². The second-order valence-corrected chi connectivity index (χ2v) is 1.82. The van der Waals surface area contributed by atoms with E-state index in [1.165, 1.54) is 0 Å². The molecule has 5 heteroatoms. The van der Waals surface area contributed by atoms with E-state index >= 15 is 0 Å². The third-order valence-electron chi connectivity index (χ3n) is 1.03. The normalized spacial score (nSPS) is 5.95. The van der Waals surface area contributed by atoms with E-state index < -0.39 is 0 Å². The zero-order valence-electron chi connectivity index (χ0n) is 15.7. The minimum Gasteiger partial charge on any atom is -0.484 e. The average Bonchev–Trinajstić information content (AvgIpc) is 2.87. The fraction of sp³-hybridized carbons (Fsp3) is 0.0588. The molecule has 0 aromatic carbocycles. The molecule has 1 aromatic rings. The molecule has 1 nitrogen and oxygen atoms in total. The summed E-state index contributed by atoms with van der Waals surface area (Å²) in [5.74, 6) is 0. The largest absolute Gasteiger partial charge is 0.484 e.